The van der Waals surface area contributed by atoms with Crippen LogP contribution in [-0.2, 0) is 14.1 Å². The van der Waals surface area contributed by atoms with Crippen molar-refractivity contribution in [3.8, 4) is 0 Å². The Bertz CT molecular complexity index is 210. The van der Waals surface area contributed by atoms with Gasteiger partial charge in [-0.2, -0.15) is 0 Å². The van der Waals surface area contributed by atoms with Crippen LogP contribution < -0.4 is 0 Å². The molecule has 1 aliphatic heterocycles. The van der Waals surface area contributed by atoms with Gasteiger partial charge in [0.2, 0.25) is 0 Å². The quantitative estimate of drug-likeness (QED) is 0.516. The summed E-state index contributed by atoms with van der Waals surface area (Å²) in [5.74, 6) is -0.189. The molecule has 0 N–H and O–H groups in total. The van der Waals surface area contributed by atoms with Crippen LogP contribution in [0.2, 0.25) is 6.82 Å². The molecule has 0 unspecified atom stereocenters. The highest BCUT2D eigenvalue weighted by Crippen LogP contribution is 2.38. The number of carbonyl (C=O) groups is 1. The van der Waals surface area contributed by atoms with Crippen LogP contribution in [0.25, 0.3) is 0 Å². The lowest BCUT2D eigenvalue weighted by Gasteiger charge is -2.44. The highest BCUT2D eigenvalue weighted by molar-refractivity contribution is 6.46. The Morgan fingerprint density at radius 1 is 1.25 bits per heavy atom. The molecule has 0 aromatic rings. The predicted octanol–water partition coefficient (Wildman–Crippen LogP) is 1.48. The summed E-state index contributed by atoms with van der Waals surface area (Å²) in [5.41, 5.74) is -1.03. The van der Waals surface area contributed by atoms with E-state index >= 15 is 0 Å². The average molecular weight is 170 g/mol. The molecule has 0 saturated carbocycles. The summed E-state index contributed by atoms with van der Waals surface area (Å²) < 4.78 is 10.5. The maximum Gasteiger partial charge on any atom is 0.524 e. The maximum atomic E-state index is 11.4. The van der Waals surface area contributed by atoms with Crippen molar-refractivity contribution in [2.45, 2.75) is 40.1 Å². The Morgan fingerprint density at radius 3 is 2.17 bits per heavy atom. The zero-order chi connectivity index (χ0) is 9.57. The zero-order valence-corrected chi connectivity index (χ0v) is 8.30. The van der Waals surface area contributed by atoms with Crippen molar-refractivity contribution in [1.82, 2.24) is 0 Å². The van der Waals surface area contributed by atoms with Crippen LogP contribution >= 0.6 is 0 Å². The minimum Gasteiger partial charge on any atom is -0.509 e. The number of carbonyl (C=O) groups excluding carboxylic acids is 1. The lowest BCUT2D eigenvalue weighted by atomic mass is 9.72. The SMILES string of the molecule is CB1OC(=O)C(C)(C)C(C)(C)O1. The summed E-state index contributed by atoms with van der Waals surface area (Å²) in [6.45, 7) is 9.21. The molecular formula is C8H15BO3. The van der Waals surface area contributed by atoms with Gasteiger partial charge in [-0.25, -0.2) is 0 Å². The highest BCUT2D eigenvalue weighted by Gasteiger charge is 2.51. The number of hydrogen-bond donors (Lipinski definition) is 0. The molecule has 68 valence electrons. The molecule has 0 atom stereocenters. The second kappa shape index (κ2) is 2.49. The van der Waals surface area contributed by atoms with Crippen molar-refractivity contribution in [3.63, 3.8) is 0 Å². The van der Waals surface area contributed by atoms with Gasteiger partial charge in [0.1, 0.15) is 0 Å². The van der Waals surface area contributed by atoms with Gasteiger partial charge in [-0.15, -0.1) is 0 Å². The first-order valence-electron chi connectivity index (χ1n) is 4.16. The summed E-state index contributed by atoms with van der Waals surface area (Å²) in [4.78, 5) is 11.4. The van der Waals surface area contributed by atoms with Crippen LogP contribution in [0.5, 0.6) is 0 Å². The zero-order valence-electron chi connectivity index (χ0n) is 8.30. The fourth-order valence-electron chi connectivity index (χ4n) is 1.13. The Labute approximate surface area is 73.6 Å². The van der Waals surface area contributed by atoms with Crippen LogP contribution in [0.3, 0.4) is 0 Å². The molecule has 0 amide bonds. The van der Waals surface area contributed by atoms with Crippen LogP contribution in [0.15, 0.2) is 0 Å². The van der Waals surface area contributed by atoms with Crippen molar-refractivity contribution in [2.75, 3.05) is 0 Å². The largest absolute Gasteiger partial charge is 0.524 e. The van der Waals surface area contributed by atoms with Gasteiger partial charge in [0, 0.05) is 0 Å². The van der Waals surface area contributed by atoms with Gasteiger partial charge in [-0.3, -0.25) is 4.79 Å². The van der Waals surface area contributed by atoms with Crippen molar-refractivity contribution >= 4 is 13.1 Å². The number of hydrogen-bond acceptors (Lipinski definition) is 3. The van der Waals surface area contributed by atoms with Gasteiger partial charge in [0.15, 0.2) is 0 Å². The van der Waals surface area contributed by atoms with E-state index in [9.17, 15) is 4.79 Å². The highest BCUT2D eigenvalue weighted by atomic mass is 16.6. The molecule has 0 aromatic heterocycles. The van der Waals surface area contributed by atoms with Crippen LogP contribution in [0.1, 0.15) is 27.7 Å². The van der Waals surface area contributed by atoms with Gasteiger partial charge in [0.25, 0.3) is 5.97 Å². The van der Waals surface area contributed by atoms with Crippen LogP contribution in [0, 0.1) is 5.41 Å². The molecule has 4 heteroatoms. The molecule has 0 aromatic carbocycles. The Kier molecular flexibility index (Phi) is 1.99. The van der Waals surface area contributed by atoms with E-state index in [-0.39, 0.29) is 5.97 Å². The molecule has 0 bridgehead atoms. The fraction of sp³-hybridized carbons (Fsp3) is 0.875. The molecule has 1 fully saturated rings. The first-order chi connectivity index (χ1) is 5.27. The average Bonchev–Trinajstić information content (AvgIpc) is 1.82. The van der Waals surface area contributed by atoms with Gasteiger partial charge in [0.05, 0.1) is 11.0 Å². The second-order valence-electron chi connectivity index (χ2n) is 4.23. The molecule has 3 nitrogen and oxygen atoms in total. The third-order valence-corrected chi connectivity index (χ3v) is 2.75. The summed E-state index contributed by atoms with van der Waals surface area (Å²) in [6.07, 6.45) is 0. The summed E-state index contributed by atoms with van der Waals surface area (Å²) >= 11 is 0. The molecule has 1 aliphatic rings. The third-order valence-electron chi connectivity index (χ3n) is 2.75. The minimum absolute atomic E-state index is 0.189. The lowest BCUT2D eigenvalue weighted by Crippen LogP contribution is -2.56. The van der Waals surface area contributed by atoms with Crippen molar-refractivity contribution in [3.05, 3.63) is 0 Å². The van der Waals surface area contributed by atoms with Gasteiger partial charge in [-0.05, 0) is 34.5 Å². The molecule has 12 heavy (non-hydrogen) atoms. The minimum atomic E-state index is -0.570. The van der Waals surface area contributed by atoms with Crippen LogP contribution in [0.4, 0.5) is 0 Å². The summed E-state index contributed by atoms with van der Waals surface area (Å²) in [6, 6.07) is 0. The molecule has 0 aliphatic carbocycles. The van der Waals surface area contributed by atoms with Crippen molar-refractivity contribution < 1.29 is 14.1 Å². The van der Waals surface area contributed by atoms with E-state index in [0.717, 1.165) is 0 Å². The van der Waals surface area contributed by atoms with E-state index in [1.54, 1.807) is 6.82 Å². The van der Waals surface area contributed by atoms with E-state index in [2.05, 4.69) is 0 Å². The topological polar surface area (TPSA) is 35.5 Å². The summed E-state index contributed by atoms with van der Waals surface area (Å²) in [5, 5.41) is 0. The smallest absolute Gasteiger partial charge is 0.509 e. The Balaban J connectivity index is 2.94. The Morgan fingerprint density at radius 2 is 1.75 bits per heavy atom. The molecule has 0 radical (unpaired) electrons. The molecule has 1 saturated heterocycles. The predicted molar refractivity (Wildman–Crippen MR) is 46.7 cm³/mol. The van der Waals surface area contributed by atoms with Crippen molar-refractivity contribution in [2.24, 2.45) is 5.41 Å². The lowest BCUT2D eigenvalue weighted by molar-refractivity contribution is -0.169. The van der Waals surface area contributed by atoms with E-state index in [0.29, 0.717) is 0 Å². The third kappa shape index (κ3) is 1.24. The first kappa shape index (κ1) is 9.58. The van der Waals surface area contributed by atoms with Gasteiger partial charge >= 0.3 is 7.12 Å². The van der Waals surface area contributed by atoms with Gasteiger partial charge in [-0.1, -0.05) is 0 Å². The van der Waals surface area contributed by atoms with E-state index < -0.39 is 18.1 Å². The summed E-state index contributed by atoms with van der Waals surface area (Å²) in [7, 11) is -0.430. The van der Waals surface area contributed by atoms with Crippen LogP contribution in [-0.4, -0.2) is 18.7 Å². The number of rotatable bonds is 0. The van der Waals surface area contributed by atoms with E-state index in [4.69, 9.17) is 9.31 Å². The van der Waals surface area contributed by atoms with Crippen molar-refractivity contribution in [1.29, 1.82) is 0 Å². The molecule has 0 spiro atoms. The van der Waals surface area contributed by atoms with Gasteiger partial charge < -0.3 is 9.31 Å². The van der Waals surface area contributed by atoms with E-state index in [1.165, 1.54) is 0 Å². The second-order valence-corrected chi connectivity index (χ2v) is 4.23. The molecular weight excluding hydrogens is 155 g/mol. The normalized spacial score (nSPS) is 26.8. The first-order valence-corrected chi connectivity index (χ1v) is 4.16. The van der Waals surface area contributed by atoms with E-state index in [1.807, 2.05) is 27.7 Å². The maximum absolute atomic E-state index is 11.4. The fourth-order valence-corrected chi connectivity index (χ4v) is 1.13. The molecule has 1 heterocycles. The monoisotopic (exact) mass is 170 g/mol. The standard InChI is InChI=1S/C8H15BO3/c1-7(2)6(10)11-9(5)12-8(7,3)4/h1-5H3. The molecule has 1 rings (SSSR count). The Hall–Kier alpha value is -0.505.